The van der Waals surface area contributed by atoms with Crippen LogP contribution in [0.5, 0.6) is 5.75 Å². The average molecular weight is 421 g/mol. The number of methoxy groups -OCH3 is 1. The van der Waals surface area contributed by atoms with Gasteiger partial charge < -0.3 is 15.4 Å². The lowest BCUT2D eigenvalue weighted by Crippen LogP contribution is -2.30. The van der Waals surface area contributed by atoms with E-state index in [0.29, 0.717) is 12.3 Å². The number of nitrogens with zero attached hydrogens (tertiary/aromatic N) is 3. The zero-order valence-electron chi connectivity index (χ0n) is 16.1. The first-order valence-corrected chi connectivity index (χ1v) is 10.4. The molecule has 1 aromatic heterocycles. The zero-order chi connectivity index (χ0) is 21.4. The smallest absolute Gasteiger partial charge is 0.212 e. The van der Waals surface area contributed by atoms with E-state index in [4.69, 9.17) is 10.00 Å². The van der Waals surface area contributed by atoms with E-state index in [-0.39, 0.29) is 15.8 Å². The number of guanidine groups is 1. The summed E-state index contributed by atoms with van der Waals surface area (Å²) in [5.74, 6) is 0.750. The number of rotatable bonds is 6. The quantitative estimate of drug-likeness (QED) is 0.357. The summed E-state index contributed by atoms with van der Waals surface area (Å²) >= 11 is 0. The Morgan fingerprint density at radius 3 is 2.50 bits per heavy atom. The summed E-state index contributed by atoms with van der Waals surface area (Å²) < 4.78 is 30.8. The van der Waals surface area contributed by atoms with Crippen molar-refractivity contribution in [1.29, 1.82) is 5.26 Å². The van der Waals surface area contributed by atoms with Gasteiger partial charge >= 0.3 is 0 Å². The van der Waals surface area contributed by atoms with Crippen molar-refractivity contribution in [3.05, 3.63) is 78.6 Å². The molecule has 0 fully saturated rings. The maximum Gasteiger partial charge on any atom is 0.212 e. The highest BCUT2D eigenvalue weighted by molar-refractivity contribution is 7.91. The van der Waals surface area contributed by atoms with Gasteiger partial charge in [-0.1, -0.05) is 18.2 Å². The monoisotopic (exact) mass is 421 g/mol. The lowest BCUT2D eigenvalue weighted by Gasteiger charge is -2.11. The van der Waals surface area contributed by atoms with Gasteiger partial charge in [0.2, 0.25) is 22.0 Å². The lowest BCUT2D eigenvalue weighted by atomic mass is 10.2. The van der Waals surface area contributed by atoms with Crippen LogP contribution in [0.15, 0.2) is 87.8 Å². The summed E-state index contributed by atoms with van der Waals surface area (Å²) in [4.78, 5) is 7.99. The van der Waals surface area contributed by atoms with Crippen molar-refractivity contribution < 1.29 is 13.2 Å². The molecule has 152 valence electrons. The maximum absolute atomic E-state index is 12.8. The van der Waals surface area contributed by atoms with E-state index in [1.165, 1.54) is 19.2 Å². The van der Waals surface area contributed by atoms with Gasteiger partial charge in [-0.3, -0.25) is 4.98 Å². The number of pyridine rings is 1. The predicted molar refractivity (Wildman–Crippen MR) is 113 cm³/mol. The Morgan fingerprint density at radius 1 is 1.10 bits per heavy atom. The average Bonchev–Trinajstić information content (AvgIpc) is 2.78. The van der Waals surface area contributed by atoms with Crippen LogP contribution < -0.4 is 15.4 Å². The number of ether oxygens (including phenoxy) is 1. The van der Waals surface area contributed by atoms with Crippen LogP contribution in [0, 0.1) is 11.5 Å². The molecule has 0 atom stereocenters. The van der Waals surface area contributed by atoms with Crippen LogP contribution in [0.1, 0.15) is 5.56 Å². The topological polar surface area (TPSA) is 116 Å². The molecule has 8 nitrogen and oxygen atoms in total. The van der Waals surface area contributed by atoms with Crippen LogP contribution in [0.3, 0.4) is 0 Å². The van der Waals surface area contributed by atoms with Crippen LogP contribution in [0.2, 0.25) is 0 Å². The van der Waals surface area contributed by atoms with Gasteiger partial charge in [-0.15, -0.1) is 4.99 Å². The van der Waals surface area contributed by atoms with Crippen molar-refractivity contribution in [2.24, 2.45) is 4.99 Å². The molecule has 3 rings (SSSR count). The number of hydrogen-bond donors (Lipinski definition) is 2. The Hall–Kier alpha value is -3.90. The van der Waals surface area contributed by atoms with E-state index in [1.54, 1.807) is 67.1 Å². The first-order valence-electron chi connectivity index (χ1n) is 8.89. The number of sulfone groups is 1. The van der Waals surface area contributed by atoms with E-state index in [0.717, 1.165) is 11.3 Å². The van der Waals surface area contributed by atoms with Crippen molar-refractivity contribution in [3.63, 3.8) is 0 Å². The molecule has 0 amide bonds. The molecule has 0 unspecified atom stereocenters. The van der Waals surface area contributed by atoms with Gasteiger partial charge in [0.1, 0.15) is 5.75 Å². The van der Waals surface area contributed by atoms with Crippen LogP contribution >= 0.6 is 0 Å². The highest BCUT2D eigenvalue weighted by atomic mass is 32.2. The molecule has 0 saturated carbocycles. The minimum absolute atomic E-state index is 0.165. The minimum Gasteiger partial charge on any atom is -0.497 e. The third-order valence-electron chi connectivity index (χ3n) is 4.15. The molecule has 0 aliphatic carbocycles. The molecular weight excluding hydrogens is 402 g/mol. The number of aromatic nitrogens is 1. The number of aliphatic imine (C=N–C) groups is 1. The van der Waals surface area contributed by atoms with Gasteiger partial charge in [0.25, 0.3) is 0 Å². The Bertz CT molecular complexity index is 1170. The van der Waals surface area contributed by atoms with E-state index < -0.39 is 9.84 Å². The minimum atomic E-state index is -3.65. The summed E-state index contributed by atoms with van der Waals surface area (Å²) in [6, 6.07) is 16.3. The van der Waals surface area contributed by atoms with Gasteiger partial charge in [0, 0.05) is 24.6 Å². The van der Waals surface area contributed by atoms with E-state index in [2.05, 4.69) is 20.6 Å². The molecule has 0 aliphatic heterocycles. The second kappa shape index (κ2) is 9.54. The number of benzene rings is 2. The Labute approximate surface area is 174 Å². The second-order valence-corrected chi connectivity index (χ2v) is 8.05. The standard InChI is InChI=1S/C21H19N5O3S/c1-29-18-3-2-4-20(13-18)30(27,28)19-7-5-16(6-8-19)14-24-21(25-15-22)26-17-9-11-23-12-10-17/h2-13H,14H2,1H3,(H2,23,24,25,26). The van der Waals surface area contributed by atoms with E-state index >= 15 is 0 Å². The predicted octanol–water partition coefficient (Wildman–Crippen LogP) is 2.96. The first-order chi connectivity index (χ1) is 14.5. The lowest BCUT2D eigenvalue weighted by molar-refractivity contribution is 0.413. The third-order valence-corrected chi connectivity index (χ3v) is 5.92. The number of nitriles is 1. The zero-order valence-corrected chi connectivity index (χ0v) is 16.9. The van der Waals surface area contributed by atoms with Crippen molar-refractivity contribution in [2.75, 3.05) is 12.4 Å². The van der Waals surface area contributed by atoms with Crippen LogP contribution in [0.4, 0.5) is 5.69 Å². The normalized spacial score (nSPS) is 11.4. The van der Waals surface area contributed by atoms with Crippen molar-refractivity contribution in [1.82, 2.24) is 10.3 Å². The van der Waals surface area contributed by atoms with Crippen molar-refractivity contribution >= 4 is 21.5 Å². The molecule has 1 heterocycles. The Kier molecular flexibility index (Phi) is 6.62. The maximum atomic E-state index is 12.8. The Balaban J connectivity index is 1.70. The molecule has 0 bridgehead atoms. The highest BCUT2D eigenvalue weighted by Crippen LogP contribution is 2.24. The van der Waals surface area contributed by atoms with Crippen molar-refractivity contribution in [3.8, 4) is 11.9 Å². The number of hydrogen-bond acceptors (Lipinski definition) is 6. The summed E-state index contributed by atoms with van der Waals surface area (Å²) in [6.45, 7) is 0.345. The molecule has 0 radical (unpaired) electrons. The van der Waals surface area contributed by atoms with E-state index in [1.807, 2.05) is 0 Å². The van der Waals surface area contributed by atoms with Gasteiger partial charge in [-0.05, 0) is 48.0 Å². The summed E-state index contributed by atoms with van der Waals surface area (Å²) in [7, 11) is -2.17. The summed E-state index contributed by atoms with van der Waals surface area (Å²) in [5.41, 5.74) is 1.55. The van der Waals surface area contributed by atoms with Gasteiger partial charge in [-0.25, -0.2) is 8.42 Å². The first kappa shape index (κ1) is 20.8. The highest BCUT2D eigenvalue weighted by Gasteiger charge is 2.18. The van der Waals surface area contributed by atoms with Crippen LogP contribution in [0.25, 0.3) is 0 Å². The molecule has 9 heteroatoms. The molecule has 2 aromatic carbocycles. The van der Waals surface area contributed by atoms with Gasteiger partial charge in [-0.2, -0.15) is 5.26 Å². The van der Waals surface area contributed by atoms with Gasteiger partial charge in [0.15, 0.2) is 0 Å². The summed E-state index contributed by atoms with van der Waals surface area (Å²) in [6.07, 6.45) is 4.98. The summed E-state index contributed by atoms with van der Waals surface area (Å²) in [5, 5.41) is 14.9. The third kappa shape index (κ3) is 5.12. The number of nitrogens with one attached hydrogen (secondary N) is 2. The molecule has 0 spiro atoms. The fourth-order valence-electron chi connectivity index (χ4n) is 2.61. The molecular formula is C21H19N5O3S. The molecule has 0 saturated heterocycles. The van der Waals surface area contributed by atoms with Crippen molar-refractivity contribution in [2.45, 2.75) is 16.3 Å². The Morgan fingerprint density at radius 2 is 1.83 bits per heavy atom. The SMILES string of the molecule is COc1cccc(S(=O)(=O)c2ccc(CN/C(=N\C#N)Nc3ccncc3)cc2)c1. The fraction of sp³-hybridized carbons (Fsp3) is 0.0952. The number of anilines is 1. The molecule has 0 aliphatic rings. The fourth-order valence-corrected chi connectivity index (χ4v) is 3.91. The molecule has 3 aromatic rings. The molecule has 2 N–H and O–H groups in total. The second-order valence-electron chi connectivity index (χ2n) is 6.10. The largest absolute Gasteiger partial charge is 0.497 e. The van der Waals surface area contributed by atoms with Gasteiger partial charge in [0.05, 0.1) is 16.9 Å². The molecule has 30 heavy (non-hydrogen) atoms. The van der Waals surface area contributed by atoms with E-state index in [9.17, 15) is 8.42 Å². The van der Waals surface area contributed by atoms with Crippen LogP contribution in [-0.4, -0.2) is 26.5 Å². The van der Waals surface area contributed by atoms with Crippen LogP contribution in [-0.2, 0) is 16.4 Å².